The van der Waals surface area contributed by atoms with Crippen molar-refractivity contribution in [2.24, 2.45) is 5.92 Å². The van der Waals surface area contributed by atoms with E-state index < -0.39 is 0 Å². The summed E-state index contributed by atoms with van der Waals surface area (Å²) in [5.41, 5.74) is 0.551. The molecule has 2 nitrogen and oxygen atoms in total. The molecule has 0 N–H and O–H groups in total. The van der Waals surface area contributed by atoms with Gasteiger partial charge in [-0.05, 0) is 24.5 Å². The zero-order valence-corrected chi connectivity index (χ0v) is 9.13. The van der Waals surface area contributed by atoms with Gasteiger partial charge in [0, 0.05) is 11.1 Å². The molecule has 78 valence electrons. The highest BCUT2D eigenvalue weighted by molar-refractivity contribution is 6.30. The van der Waals surface area contributed by atoms with E-state index in [1.165, 1.54) is 12.8 Å². The average Bonchev–Trinajstić information content (AvgIpc) is 3.02. The van der Waals surface area contributed by atoms with Crippen molar-refractivity contribution in [2.75, 3.05) is 6.61 Å². The Morgan fingerprint density at radius 1 is 1.47 bits per heavy atom. The number of ether oxygens (including phenoxy) is 1. The zero-order chi connectivity index (χ0) is 10.7. The molecule has 1 aliphatic carbocycles. The van der Waals surface area contributed by atoms with Crippen molar-refractivity contribution < 1.29 is 4.74 Å². The highest BCUT2D eigenvalue weighted by atomic mass is 35.5. The first kappa shape index (κ1) is 10.3. The minimum absolute atomic E-state index is 0.551. The van der Waals surface area contributed by atoms with Gasteiger partial charge in [-0.3, -0.25) is 0 Å². The van der Waals surface area contributed by atoms with Crippen molar-refractivity contribution in [2.45, 2.75) is 19.3 Å². The van der Waals surface area contributed by atoms with Crippen molar-refractivity contribution in [1.82, 2.24) is 0 Å². The number of halogens is 1. The Hall–Kier alpha value is -1.20. The predicted molar refractivity (Wildman–Crippen MR) is 59.0 cm³/mol. The van der Waals surface area contributed by atoms with Gasteiger partial charge in [0.05, 0.1) is 12.2 Å². The lowest BCUT2D eigenvalue weighted by Gasteiger charge is -2.07. The SMILES string of the molecule is N#Cc1ccc(Cl)cc1OCCC1CC1. The minimum atomic E-state index is 0.551. The van der Waals surface area contributed by atoms with E-state index in [4.69, 9.17) is 21.6 Å². The first-order valence-corrected chi connectivity index (χ1v) is 5.50. The number of nitrogens with zero attached hydrogens (tertiary/aromatic N) is 1. The number of benzene rings is 1. The number of nitriles is 1. The van der Waals surface area contributed by atoms with Crippen molar-refractivity contribution in [3.63, 3.8) is 0 Å². The van der Waals surface area contributed by atoms with Crippen LogP contribution < -0.4 is 4.74 Å². The summed E-state index contributed by atoms with van der Waals surface area (Å²) in [4.78, 5) is 0. The molecule has 0 bridgehead atoms. The summed E-state index contributed by atoms with van der Waals surface area (Å²) in [5.74, 6) is 1.44. The third-order valence-electron chi connectivity index (χ3n) is 2.54. The molecule has 1 aromatic rings. The molecule has 0 atom stereocenters. The third-order valence-corrected chi connectivity index (χ3v) is 2.78. The van der Waals surface area contributed by atoms with Crippen LogP contribution in [-0.2, 0) is 0 Å². The van der Waals surface area contributed by atoms with Crippen molar-refractivity contribution in [1.29, 1.82) is 5.26 Å². The van der Waals surface area contributed by atoms with E-state index >= 15 is 0 Å². The van der Waals surface area contributed by atoms with Crippen molar-refractivity contribution >= 4 is 11.6 Å². The van der Waals surface area contributed by atoms with Crippen LogP contribution in [0.3, 0.4) is 0 Å². The number of hydrogen-bond donors (Lipinski definition) is 0. The predicted octanol–water partition coefficient (Wildman–Crippen LogP) is 3.39. The summed E-state index contributed by atoms with van der Waals surface area (Å²) in [7, 11) is 0. The van der Waals surface area contributed by atoms with E-state index in [0.29, 0.717) is 22.9 Å². The molecule has 1 aromatic carbocycles. The summed E-state index contributed by atoms with van der Waals surface area (Å²) in [6.45, 7) is 0.680. The summed E-state index contributed by atoms with van der Waals surface area (Å²) in [6, 6.07) is 7.19. The molecule has 0 unspecified atom stereocenters. The molecule has 0 saturated heterocycles. The Labute approximate surface area is 94.4 Å². The molecule has 0 aliphatic heterocycles. The second-order valence-electron chi connectivity index (χ2n) is 3.83. The van der Waals surface area contributed by atoms with E-state index in [0.717, 1.165) is 12.3 Å². The van der Waals surface area contributed by atoms with E-state index in [1.807, 2.05) is 0 Å². The van der Waals surface area contributed by atoms with Crippen molar-refractivity contribution in [3.8, 4) is 11.8 Å². The Bertz CT molecular complexity index is 393. The van der Waals surface area contributed by atoms with Crippen LogP contribution in [-0.4, -0.2) is 6.61 Å². The Morgan fingerprint density at radius 3 is 2.93 bits per heavy atom. The summed E-state index contributed by atoms with van der Waals surface area (Å²) in [5, 5.41) is 9.46. The summed E-state index contributed by atoms with van der Waals surface area (Å²) in [6.07, 6.45) is 3.73. The van der Waals surface area contributed by atoms with E-state index in [2.05, 4.69) is 6.07 Å². The first-order valence-electron chi connectivity index (χ1n) is 5.12. The van der Waals surface area contributed by atoms with Crippen LogP contribution in [0, 0.1) is 17.2 Å². The fourth-order valence-corrected chi connectivity index (χ4v) is 1.61. The summed E-state index contributed by atoms with van der Waals surface area (Å²) >= 11 is 5.84. The van der Waals surface area contributed by atoms with Crippen LogP contribution >= 0.6 is 11.6 Å². The maximum absolute atomic E-state index is 8.86. The van der Waals surface area contributed by atoms with Gasteiger partial charge in [0.2, 0.25) is 0 Å². The Balaban J connectivity index is 1.98. The van der Waals surface area contributed by atoms with Gasteiger partial charge < -0.3 is 4.74 Å². The monoisotopic (exact) mass is 221 g/mol. The van der Waals surface area contributed by atoms with Crippen LogP contribution in [0.4, 0.5) is 0 Å². The van der Waals surface area contributed by atoms with Crippen LogP contribution in [0.15, 0.2) is 18.2 Å². The molecule has 3 heteroatoms. The standard InChI is InChI=1S/C12H12ClNO/c13-11-4-3-10(8-14)12(7-11)15-6-5-9-1-2-9/h3-4,7,9H,1-2,5-6H2. The van der Waals surface area contributed by atoms with Gasteiger partial charge in [-0.2, -0.15) is 5.26 Å². The molecule has 1 aliphatic rings. The molecule has 0 radical (unpaired) electrons. The smallest absolute Gasteiger partial charge is 0.138 e. The molecule has 0 aromatic heterocycles. The van der Waals surface area contributed by atoms with Crippen LogP contribution in [0.25, 0.3) is 0 Å². The van der Waals surface area contributed by atoms with E-state index in [1.54, 1.807) is 18.2 Å². The molecule has 1 fully saturated rings. The van der Waals surface area contributed by atoms with Gasteiger partial charge in [0.1, 0.15) is 11.8 Å². The van der Waals surface area contributed by atoms with Crippen molar-refractivity contribution in [3.05, 3.63) is 28.8 Å². The molecule has 0 heterocycles. The molecule has 2 rings (SSSR count). The van der Waals surface area contributed by atoms with Gasteiger partial charge in [-0.25, -0.2) is 0 Å². The van der Waals surface area contributed by atoms with E-state index in [9.17, 15) is 0 Å². The minimum Gasteiger partial charge on any atom is -0.492 e. The fraction of sp³-hybridized carbons (Fsp3) is 0.417. The maximum Gasteiger partial charge on any atom is 0.138 e. The van der Waals surface area contributed by atoms with Gasteiger partial charge in [0.25, 0.3) is 0 Å². The topological polar surface area (TPSA) is 33.0 Å². The first-order chi connectivity index (χ1) is 7.29. The Kier molecular flexibility index (Phi) is 3.13. The van der Waals surface area contributed by atoms with Gasteiger partial charge >= 0.3 is 0 Å². The average molecular weight is 222 g/mol. The van der Waals surface area contributed by atoms with Gasteiger partial charge in [0.15, 0.2) is 0 Å². The second kappa shape index (κ2) is 4.55. The normalized spacial score (nSPS) is 14.7. The molecular formula is C12H12ClNO. The van der Waals surface area contributed by atoms with E-state index in [-0.39, 0.29) is 0 Å². The second-order valence-corrected chi connectivity index (χ2v) is 4.27. The van der Waals surface area contributed by atoms with Crippen LogP contribution in [0.1, 0.15) is 24.8 Å². The summed E-state index contributed by atoms with van der Waals surface area (Å²) < 4.78 is 5.55. The fourth-order valence-electron chi connectivity index (χ4n) is 1.45. The lowest BCUT2D eigenvalue weighted by molar-refractivity contribution is 0.301. The molecule has 15 heavy (non-hydrogen) atoms. The maximum atomic E-state index is 8.86. The molecule has 0 amide bonds. The highest BCUT2D eigenvalue weighted by Crippen LogP contribution is 2.32. The van der Waals surface area contributed by atoms with Gasteiger partial charge in [-0.15, -0.1) is 0 Å². The Morgan fingerprint density at radius 2 is 2.27 bits per heavy atom. The molecule has 0 spiro atoms. The molecule has 1 saturated carbocycles. The lowest BCUT2D eigenvalue weighted by Crippen LogP contribution is -1.99. The van der Waals surface area contributed by atoms with Crippen LogP contribution in [0.2, 0.25) is 5.02 Å². The van der Waals surface area contributed by atoms with Crippen LogP contribution in [0.5, 0.6) is 5.75 Å². The number of hydrogen-bond acceptors (Lipinski definition) is 2. The van der Waals surface area contributed by atoms with Gasteiger partial charge in [-0.1, -0.05) is 24.4 Å². The lowest BCUT2D eigenvalue weighted by atomic mass is 10.2. The third kappa shape index (κ3) is 2.87. The highest BCUT2D eigenvalue weighted by Gasteiger charge is 2.20. The largest absolute Gasteiger partial charge is 0.492 e. The molecular weight excluding hydrogens is 210 g/mol. The quantitative estimate of drug-likeness (QED) is 0.781. The number of rotatable bonds is 4. The zero-order valence-electron chi connectivity index (χ0n) is 8.37.